The van der Waals surface area contributed by atoms with Crippen LogP contribution in [0.1, 0.15) is 0 Å². The topological polar surface area (TPSA) is 96.8 Å². The number of hydrogen-bond acceptors (Lipinski definition) is 4. The Morgan fingerprint density at radius 2 is 2.44 bits per heavy atom. The van der Waals surface area contributed by atoms with Crippen LogP contribution in [0.15, 0.2) is 6.33 Å². The van der Waals surface area contributed by atoms with E-state index in [1.807, 2.05) is 0 Å². The molecule has 84 valence electrons. The van der Waals surface area contributed by atoms with Gasteiger partial charge in [0.25, 0.3) is 0 Å². The van der Waals surface area contributed by atoms with Gasteiger partial charge in [-0.1, -0.05) is 16.6 Å². The number of fused-ring (bicyclic) bond motifs is 1. The third-order valence-corrected chi connectivity index (χ3v) is 2.25. The Hall–Kier alpha value is -1.89. The van der Waals surface area contributed by atoms with Gasteiger partial charge < -0.3 is 10.6 Å². The van der Waals surface area contributed by atoms with Gasteiger partial charge >= 0.3 is 11.6 Å². The number of aromatic amines is 2. The molecule has 0 radical (unpaired) electrons. The van der Waals surface area contributed by atoms with Crippen molar-refractivity contribution in [1.29, 1.82) is 0 Å². The van der Waals surface area contributed by atoms with E-state index in [4.69, 9.17) is 11.6 Å². The predicted molar refractivity (Wildman–Crippen MR) is 58.0 cm³/mol. The van der Waals surface area contributed by atoms with Gasteiger partial charge in [-0.2, -0.15) is 4.98 Å². The molecule has 16 heavy (non-hydrogen) atoms. The van der Waals surface area contributed by atoms with Crippen molar-refractivity contribution >= 4 is 34.6 Å². The molecular weight excluding hydrogens is 232 g/mol. The van der Waals surface area contributed by atoms with Gasteiger partial charge in [-0.05, 0) is 0 Å². The molecule has 0 aliphatic carbocycles. The fraction of sp³-hybridized carbons (Fsp3) is 0.250. The lowest BCUT2D eigenvalue weighted by atomic mass is 10.5. The number of anilines is 1. The van der Waals surface area contributed by atoms with Crippen LogP contribution in [0.25, 0.3) is 11.2 Å². The Bertz CT molecular complexity index is 524. The maximum Gasteiger partial charge on any atom is 0.306 e. The first-order valence-corrected chi connectivity index (χ1v) is 4.95. The third kappa shape index (κ3) is 2.03. The smallest absolute Gasteiger partial charge is 0.306 e. The van der Waals surface area contributed by atoms with Crippen LogP contribution < -0.4 is 15.6 Å². The summed E-state index contributed by atoms with van der Waals surface area (Å²) < 4.78 is 0. The quantitative estimate of drug-likeness (QED) is 0.636. The van der Waals surface area contributed by atoms with Crippen molar-refractivity contribution in [3.8, 4) is 0 Å². The molecule has 2 heterocycles. The summed E-state index contributed by atoms with van der Waals surface area (Å²) in [5, 5.41) is 5.54. The van der Waals surface area contributed by atoms with E-state index in [1.54, 1.807) is 13.4 Å². The minimum absolute atomic E-state index is 0.1000. The molecule has 2 aromatic rings. The molecule has 0 aromatic carbocycles. The second kappa shape index (κ2) is 4.31. The summed E-state index contributed by atoms with van der Waals surface area (Å²) >= 11 is 5.91. The Labute approximate surface area is 95.6 Å². The molecule has 0 saturated heterocycles. The molecule has 1 amide bonds. The molecule has 2 rings (SSSR count). The monoisotopic (exact) mass is 241 g/mol. The lowest BCUT2D eigenvalue weighted by Crippen LogP contribution is -2.26. The standard InChI is InChI=1S/C8H9ClN6O/c1-10-4(16)2-11-8-14-6(9)5-7(15-8)13-3-12-5/h3H,2H2,1H3,(H,10,16)(H2,11,12,13,14,15)/p+1. The van der Waals surface area contributed by atoms with Crippen molar-refractivity contribution in [3.63, 3.8) is 0 Å². The number of H-pyrrole nitrogens is 2. The molecule has 0 bridgehead atoms. The highest BCUT2D eigenvalue weighted by Gasteiger charge is 2.14. The van der Waals surface area contributed by atoms with Crippen LogP contribution >= 0.6 is 11.6 Å². The van der Waals surface area contributed by atoms with Crippen LogP contribution in [0.5, 0.6) is 0 Å². The number of amides is 1. The van der Waals surface area contributed by atoms with E-state index in [2.05, 4.69) is 30.6 Å². The van der Waals surface area contributed by atoms with Crippen molar-refractivity contribution in [2.24, 2.45) is 0 Å². The number of aromatic nitrogens is 4. The summed E-state index contributed by atoms with van der Waals surface area (Å²) in [5.41, 5.74) is 1.21. The first kappa shape index (κ1) is 10.6. The van der Waals surface area contributed by atoms with Crippen molar-refractivity contribution in [3.05, 3.63) is 11.5 Å². The summed E-state index contributed by atoms with van der Waals surface area (Å²) in [4.78, 5) is 24.9. The molecule has 8 heteroatoms. The minimum Gasteiger partial charge on any atom is -0.358 e. The largest absolute Gasteiger partial charge is 0.358 e. The molecule has 0 aliphatic heterocycles. The van der Waals surface area contributed by atoms with Crippen LogP contribution in [-0.2, 0) is 4.79 Å². The number of carbonyl (C=O) groups is 1. The Kier molecular flexibility index (Phi) is 2.86. The predicted octanol–water partition coefficient (Wildman–Crippen LogP) is -0.417. The third-order valence-electron chi connectivity index (χ3n) is 1.98. The van der Waals surface area contributed by atoms with E-state index >= 15 is 0 Å². The summed E-state index contributed by atoms with van der Waals surface area (Å²) in [6.07, 6.45) is 1.60. The average Bonchev–Trinajstić information content (AvgIpc) is 2.74. The second-order valence-corrected chi connectivity index (χ2v) is 3.38. The maximum absolute atomic E-state index is 11.0. The number of halogens is 1. The molecule has 0 saturated carbocycles. The Morgan fingerprint density at radius 3 is 3.19 bits per heavy atom. The lowest BCUT2D eigenvalue weighted by Gasteiger charge is -2.00. The van der Waals surface area contributed by atoms with Gasteiger partial charge in [-0.15, -0.1) is 0 Å². The lowest BCUT2D eigenvalue weighted by molar-refractivity contribution is -0.347. The highest BCUT2D eigenvalue weighted by molar-refractivity contribution is 6.33. The number of hydrogen-bond donors (Lipinski definition) is 3. The zero-order chi connectivity index (χ0) is 11.5. The molecular formula is C8H10ClN6O+. The second-order valence-electron chi connectivity index (χ2n) is 3.02. The first-order chi connectivity index (χ1) is 7.70. The first-order valence-electron chi connectivity index (χ1n) is 4.57. The van der Waals surface area contributed by atoms with E-state index in [9.17, 15) is 4.79 Å². The van der Waals surface area contributed by atoms with Crippen LogP contribution in [0.2, 0.25) is 5.15 Å². The zero-order valence-electron chi connectivity index (χ0n) is 8.47. The molecule has 0 fully saturated rings. The highest BCUT2D eigenvalue weighted by Crippen LogP contribution is 2.16. The number of carbonyl (C=O) groups excluding carboxylic acids is 1. The number of rotatable bonds is 3. The van der Waals surface area contributed by atoms with Crippen molar-refractivity contribution < 1.29 is 9.78 Å². The molecule has 0 aliphatic rings. The average molecular weight is 242 g/mol. The van der Waals surface area contributed by atoms with Crippen LogP contribution in [-0.4, -0.2) is 34.5 Å². The van der Waals surface area contributed by atoms with Gasteiger partial charge in [0.1, 0.15) is 0 Å². The number of nitrogens with one attached hydrogen (secondary N) is 4. The van der Waals surface area contributed by atoms with E-state index in [1.165, 1.54) is 0 Å². The fourth-order valence-corrected chi connectivity index (χ4v) is 1.39. The van der Waals surface area contributed by atoms with E-state index in [0.717, 1.165) is 0 Å². The van der Waals surface area contributed by atoms with Gasteiger partial charge in [0, 0.05) is 7.05 Å². The summed E-state index contributed by atoms with van der Waals surface area (Å²) in [5.74, 6) is 0.148. The molecule has 0 atom stereocenters. The van der Waals surface area contributed by atoms with Crippen molar-refractivity contribution in [2.45, 2.75) is 0 Å². The van der Waals surface area contributed by atoms with Crippen LogP contribution in [0.3, 0.4) is 0 Å². The summed E-state index contributed by atoms with van der Waals surface area (Å²) in [7, 11) is 1.56. The van der Waals surface area contributed by atoms with E-state index < -0.39 is 0 Å². The highest BCUT2D eigenvalue weighted by atomic mass is 35.5. The fourth-order valence-electron chi connectivity index (χ4n) is 1.17. The minimum atomic E-state index is -0.155. The van der Waals surface area contributed by atoms with Gasteiger partial charge in [0.2, 0.25) is 11.4 Å². The summed E-state index contributed by atoms with van der Waals surface area (Å²) in [6.45, 7) is 0.1000. The molecule has 4 N–H and O–H groups in total. The normalized spacial score (nSPS) is 10.4. The Balaban J connectivity index is 2.21. The summed E-state index contributed by atoms with van der Waals surface area (Å²) in [6, 6.07) is 0. The maximum atomic E-state index is 11.0. The van der Waals surface area contributed by atoms with Crippen LogP contribution in [0, 0.1) is 0 Å². The molecule has 7 nitrogen and oxygen atoms in total. The number of nitrogens with zero attached hydrogens (tertiary/aromatic N) is 2. The SMILES string of the molecule is CNC(=O)CNc1nc(Cl)c2[nH]c[nH+]c2n1. The van der Waals surface area contributed by atoms with Crippen molar-refractivity contribution in [1.82, 2.24) is 20.3 Å². The number of likely N-dealkylation sites (N-methyl/N-ethyl adjacent to an activating group) is 1. The molecule has 2 aromatic heterocycles. The van der Waals surface area contributed by atoms with E-state index in [0.29, 0.717) is 22.3 Å². The van der Waals surface area contributed by atoms with Gasteiger partial charge in [-0.3, -0.25) is 9.78 Å². The number of imidazole rings is 1. The Morgan fingerprint density at radius 1 is 1.62 bits per heavy atom. The van der Waals surface area contributed by atoms with Gasteiger partial charge in [0.05, 0.1) is 6.54 Å². The van der Waals surface area contributed by atoms with Crippen LogP contribution in [0.4, 0.5) is 5.95 Å². The van der Waals surface area contributed by atoms with Crippen molar-refractivity contribution in [2.75, 3.05) is 18.9 Å². The van der Waals surface area contributed by atoms with Gasteiger partial charge in [-0.25, -0.2) is 4.98 Å². The zero-order valence-corrected chi connectivity index (χ0v) is 9.22. The van der Waals surface area contributed by atoms with Gasteiger partial charge in [0.15, 0.2) is 11.5 Å². The molecule has 0 spiro atoms. The van der Waals surface area contributed by atoms with E-state index in [-0.39, 0.29) is 12.5 Å². The molecule has 0 unspecified atom stereocenters.